The summed E-state index contributed by atoms with van der Waals surface area (Å²) in [6.07, 6.45) is 1.35. The van der Waals surface area contributed by atoms with Crippen molar-refractivity contribution in [3.8, 4) is 28.1 Å². The van der Waals surface area contributed by atoms with Gasteiger partial charge in [0.2, 0.25) is 11.8 Å². The minimum Gasteiger partial charge on any atom is -0.478 e. The van der Waals surface area contributed by atoms with Crippen molar-refractivity contribution in [2.75, 3.05) is 5.32 Å². The van der Waals surface area contributed by atoms with Crippen molar-refractivity contribution in [2.24, 2.45) is 5.92 Å². The Bertz CT molecular complexity index is 1370. The number of anilines is 1. The van der Waals surface area contributed by atoms with Crippen molar-refractivity contribution in [2.45, 2.75) is 40.5 Å². The second-order valence-corrected chi connectivity index (χ2v) is 8.38. The van der Waals surface area contributed by atoms with Crippen LogP contribution in [0.4, 0.5) is 5.88 Å². The molecule has 0 aliphatic heterocycles. The Labute approximate surface area is 203 Å². The fourth-order valence-electron chi connectivity index (χ4n) is 4.36. The number of carboxylic acids is 1. The molecule has 2 aromatic heterocycles. The standard InChI is InChI=1S/C27H28N4O4/c1-5-18(6-2)25(32)28-26-23(20-14-10-11-15-21(20)27(33)34)24(30-35-26)22-16(3)29-31(17(22)4)19-12-8-7-9-13-19/h7-15,18H,5-6H2,1-4H3,(H,28,32)(H,33,34). The van der Waals surface area contributed by atoms with Gasteiger partial charge in [-0.05, 0) is 44.9 Å². The molecule has 0 saturated heterocycles. The highest BCUT2D eigenvalue weighted by Crippen LogP contribution is 2.42. The zero-order valence-corrected chi connectivity index (χ0v) is 20.2. The van der Waals surface area contributed by atoms with Crippen molar-refractivity contribution in [3.63, 3.8) is 0 Å². The lowest BCUT2D eigenvalue weighted by Crippen LogP contribution is -2.21. The fraction of sp³-hybridized carbons (Fsp3) is 0.259. The average Bonchev–Trinajstić information content (AvgIpc) is 3.39. The number of rotatable bonds is 8. The molecule has 2 aromatic carbocycles. The molecular weight excluding hydrogens is 444 g/mol. The number of nitrogens with one attached hydrogen (secondary N) is 1. The normalized spacial score (nSPS) is 11.1. The molecule has 0 aliphatic rings. The quantitative estimate of drug-likeness (QED) is 0.331. The second-order valence-electron chi connectivity index (χ2n) is 8.38. The number of nitrogens with zero attached hydrogens (tertiary/aromatic N) is 3. The number of hydrogen-bond donors (Lipinski definition) is 2. The molecule has 0 atom stereocenters. The van der Waals surface area contributed by atoms with Crippen LogP contribution in [0.15, 0.2) is 59.1 Å². The van der Waals surface area contributed by atoms with Crippen LogP contribution in [-0.4, -0.2) is 31.9 Å². The van der Waals surface area contributed by atoms with Gasteiger partial charge in [-0.1, -0.05) is 55.4 Å². The molecule has 8 heteroatoms. The molecule has 2 heterocycles. The SMILES string of the molecule is CCC(CC)C(=O)Nc1onc(-c2c(C)nn(-c3ccccc3)c2C)c1-c1ccccc1C(=O)O. The van der Waals surface area contributed by atoms with Gasteiger partial charge in [-0.15, -0.1) is 0 Å². The van der Waals surface area contributed by atoms with Gasteiger partial charge in [0.1, 0.15) is 5.69 Å². The number of carbonyl (C=O) groups excluding carboxylic acids is 1. The second kappa shape index (κ2) is 9.97. The van der Waals surface area contributed by atoms with Gasteiger partial charge in [0, 0.05) is 17.0 Å². The summed E-state index contributed by atoms with van der Waals surface area (Å²) in [6.45, 7) is 7.69. The lowest BCUT2D eigenvalue weighted by atomic mass is 9.95. The first-order valence-electron chi connectivity index (χ1n) is 11.6. The minimum absolute atomic E-state index is 0.0840. The van der Waals surface area contributed by atoms with Gasteiger partial charge in [-0.25, -0.2) is 9.48 Å². The van der Waals surface area contributed by atoms with E-state index in [1.807, 2.05) is 62.7 Å². The van der Waals surface area contributed by atoms with E-state index in [1.165, 1.54) is 6.07 Å². The van der Waals surface area contributed by atoms with Gasteiger partial charge < -0.3 is 9.63 Å². The number of carbonyl (C=O) groups is 2. The number of para-hydroxylation sites is 1. The van der Waals surface area contributed by atoms with Gasteiger partial charge in [0.05, 0.1) is 28.2 Å². The summed E-state index contributed by atoms with van der Waals surface area (Å²) in [4.78, 5) is 25.0. The molecule has 35 heavy (non-hydrogen) atoms. The molecule has 0 aliphatic carbocycles. The van der Waals surface area contributed by atoms with E-state index in [0.717, 1.165) is 16.9 Å². The summed E-state index contributed by atoms with van der Waals surface area (Å²) >= 11 is 0. The number of carboxylic acid groups (broad SMARTS) is 1. The summed E-state index contributed by atoms with van der Waals surface area (Å²) in [5.41, 5.74) is 4.45. The van der Waals surface area contributed by atoms with Crippen molar-refractivity contribution >= 4 is 17.8 Å². The molecule has 8 nitrogen and oxygen atoms in total. The number of aromatic carboxylic acids is 1. The van der Waals surface area contributed by atoms with Crippen LogP contribution in [0, 0.1) is 19.8 Å². The molecule has 0 saturated carbocycles. The number of hydrogen-bond acceptors (Lipinski definition) is 5. The van der Waals surface area contributed by atoms with E-state index < -0.39 is 5.97 Å². The maximum absolute atomic E-state index is 12.9. The van der Waals surface area contributed by atoms with Crippen molar-refractivity contribution in [3.05, 3.63) is 71.5 Å². The Morgan fingerprint density at radius 2 is 1.66 bits per heavy atom. The summed E-state index contributed by atoms with van der Waals surface area (Å²) in [5.74, 6) is -1.36. The van der Waals surface area contributed by atoms with E-state index >= 15 is 0 Å². The maximum atomic E-state index is 12.9. The molecule has 0 spiro atoms. The summed E-state index contributed by atoms with van der Waals surface area (Å²) in [7, 11) is 0. The van der Waals surface area contributed by atoms with E-state index in [-0.39, 0.29) is 23.3 Å². The molecule has 180 valence electrons. The van der Waals surface area contributed by atoms with Crippen LogP contribution in [0.2, 0.25) is 0 Å². The Hall–Kier alpha value is -4.20. The zero-order chi connectivity index (χ0) is 25.1. The highest BCUT2D eigenvalue weighted by atomic mass is 16.5. The van der Waals surface area contributed by atoms with Crippen LogP contribution in [0.25, 0.3) is 28.1 Å². The average molecular weight is 473 g/mol. The van der Waals surface area contributed by atoms with Crippen LogP contribution >= 0.6 is 0 Å². The summed E-state index contributed by atoms with van der Waals surface area (Å²) in [6, 6.07) is 16.3. The van der Waals surface area contributed by atoms with E-state index in [1.54, 1.807) is 18.2 Å². The molecule has 1 amide bonds. The minimum atomic E-state index is -1.08. The van der Waals surface area contributed by atoms with E-state index in [2.05, 4.69) is 10.5 Å². The highest BCUT2D eigenvalue weighted by molar-refractivity contribution is 6.04. The van der Waals surface area contributed by atoms with Crippen LogP contribution in [0.5, 0.6) is 0 Å². The Morgan fingerprint density at radius 1 is 1.00 bits per heavy atom. The lowest BCUT2D eigenvalue weighted by molar-refractivity contribution is -0.120. The predicted octanol–water partition coefficient (Wildman–Crippen LogP) is 5.88. The largest absolute Gasteiger partial charge is 0.478 e. The third kappa shape index (κ3) is 4.47. The molecule has 0 bridgehead atoms. The first kappa shape index (κ1) is 23.9. The third-order valence-corrected chi connectivity index (χ3v) is 6.24. The number of benzene rings is 2. The smallest absolute Gasteiger partial charge is 0.336 e. The monoisotopic (exact) mass is 472 g/mol. The van der Waals surface area contributed by atoms with Crippen molar-refractivity contribution in [1.29, 1.82) is 0 Å². The Morgan fingerprint density at radius 3 is 2.31 bits per heavy atom. The van der Waals surface area contributed by atoms with Crippen molar-refractivity contribution in [1.82, 2.24) is 14.9 Å². The van der Waals surface area contributed by atoms with Crippen LogP contribution < -0.4 is 5.32 Å². The zero-order valence-electron chi connectivity index (χ0n) is 20.2. The first-order valence-corrected chi connectivity index (χ1v) is 11.6. The molecular formula is C27H28N4O4. The molecule has 0 unspecified atom stereocenters. The lowest BCUT2D eigenvalue weighted by Gasteiger charge is -2.13. The van der Waals surface area contributed by atoms with Crippen molar-refractivity contribution < 1.29 is 19.2 Å². The fourth-order valence-corrected chi connectivity index (χ4v) is 4.36. The molecule has 0 fully saturated rings. The molecule has 0 radical (unpaired) electrons. The van der Waals surface area contributed by atoms with E-state index in [0.29, 0.717) is 35.4 Å². The first-order chi connectivity index (χ1) is 16.9. The summed E-state index contributed by atoms with van der Waals surface area (Å²) < 4.78 is 7.48. The van der Waals surface area contributed by atoms with Gasteiger partial charge in [0.25, 0.3) is 0 Å². The molecule has 4 aromatic rings. The summed E-state index contributed by atoms with van der Waals surface area (Å²) in [5, 5.41) is 21.8. The van der Waals surface area contributed by atoms with Gasteiger partial charge >= 0.3 is 5.97 Å². The molecule has 2 N–H and O–H groups in total. The number of aromatic nitrogens is 3. The predicted molar refractivity (Wildman–Crippen MR) is 134 cm³/mol. The van der Waals surface area contributed by atoms with Gasteiger partial charge in [0.15, 0.2) is 0 Å². The van der Waals surface area contributed by atoms with Crippen LogP contribution in [0.1, 0.15) is 48.4 Å². The Balaban J connectivity index is 1.93. The number of aryl methyl sites for hydroxylation is 1. The highest BCUT2D eigenvalue weighted by Gasteiger charge is 2.29. The topological polar surface area (TPSA) is 110 Å². The van der Waals surface area contributed by atoms with Gasteiger partial charge in [-0.2, -0.15) is 5.10 Å². The van der Waals surface area contributed by atoms with Gasteiger partial charge in [-0.3, -0.25) is 10.1 Å². The maximum Gasteiger partial charge on any atom is 0.336 e. The van der Waals surface area contributed by atoms with E-state index in [9.17, 15) is 14.7 Å². The van der Waals surface area contributed by atoms with E-state index in [4.69, 9.17) is 9.62 Å². The third-order valence-electron chi connectivity index (χ3n) is 6.24. The van der Waals surface area contributed by atoms with Crippen LogP contribution in [-0.2, 0) is 4.79 Å². The van der Waals surface area contributed by atoms with Crippen LogP contribution in [0.3, 0.4) is 0 Å². The number of amides is 1. The Kier molecular flexibility index (Phi) is 6.82. The molecule has 4 rings (SSSR count).